The van der Waals surface area contributed by atoms with E-state index < -0.39 is 0 Å². The molecular formula is C14H10Br3NO2. The van der Waals surface area contributed by atoms with Gasteiger partial charge in [0.2, 0.25) is 0 Å². The van der Waals surface area contributed by atoms with Gasteiger partial charge in [0.1, 0.15) is 11.5 Å². The van der Waals surface area contributed by atoms with Crippen LogP contribution in [0.2, 0.25) is 0 Å². The second kappa shape index (κ2) is 6.28. The molecule has 0 fully saturated rings. The van der Waals surface area contributed by atoms with E-state index in [1.165, 1.54) is 0 Å². The number of phenolic OH excluding ortho intramolecular Hbond substituents is 2. The van der Waals surface area contributed by atoms with Crippen LogP contribution in [-0.4, -0.2) is 16.4 Å². The van der Waals surface area contributed by atoms with Gasteiger partial charge in [-0.05, 0) is 84.5 Å². The van der Waals surface area contributed by atoms with Crippen molar-refractivity contribution in [3.05, 3.63) is 48.8 Å². The number of aromatic hydroxyl groups is 2. The molecule has 104 valence electrons. The van der Waals surface area contributed by atoms with E-state index in [9.17, 15) is 10.2 Å². The number of hydrogen-bond donors (Lipinski definition) is 2. The maximum absolute atomic E-state index is 9.96. The highest BCUT2D eigenvalue weighted by molar-refractivity contribution is 9.11. The largest absolute Gasteiger partial charge is 0.506 e. The molecule has 2 N–H and O–H groups in total. The SMILES string of the molecule is Cc1cc(Br)c(O)c(C=Nc2cc(Br)c(O)c(Br)c2)c1. The summed E-state index contributed by atoms with van der Waals surface area (Å²) in [4.78, 5) is 4.31. The highest BCUT2D eigenvalue weighted by atomic mass is 79.9. The number of rotatable bonds is 2. The van der Waals surface area contributed by atoms with Crippen molar-refractivity contribution in [3.8, 4) is 11.5 Å². The molecule has 0 aromatic heterocycles. The lowest BCUT2D eigenvalue weighted by molar-refractivity contribution is 0.468. The third-order valence-corrected chi connectivity index (χ3v) is 4.41. The van der Waals surface area contributed by atoms with Gasteiger partial charge in [0.05, 0.1) is 19.1 Å². The highest BCUT2D eigenvalue weighted by Crippen LogP contribution is 2.36. The van der Waals surface area contributed by atoms with E-state index in [0.29, 0.717) is 24.7 Å². The summed E-state index contributed by atoms with van der Waals surface area (Å²) in [5.74, 6) is 0.279. The van der Waals surface area contributed by atoms with E-state index in [4.69, 9.17) is 0 Å². The Balaban J connectivity index is 2.40. The third kappa shape index (κ3) is 3.42. The number of halogens is 3. The average Bonchev–Trinajstić information content (AvgIpc) is 2.38. The predicted octanol–water partition coefficient (Wildman–Crippen LogP) is 5.44. The third-order valence-electron chi connectivity index (χ3n) is 2.59. The summed E-state index contributed by atoms with van der Waals surface area (Å²) in [6, 6.07) is 7.06. The van der Waals surface area contributed by atoms with Crippen molar-refractivity contribution in [2.75, 3.05) is 0 Å². The fourth-order valence-electron chi connectivity index (χ4n) is 1.63. The van der Waals surface area contributed by atoms with Crippen LogP contribution in [0.25, 0.3) is 0 Å². The van der Waals surface area contributed by atoms with Crippen molar-refractivity contribution >= 4 is 59.7 Å². The lowest BCUT2D eigenvalue weighted by Gasteiger charge is -2.04. The van der Waals surface area contributed by atoms with Gasteiger partial charge in [-0.1, -0.05) is 0 Å². The van der Waals surface area contributed by atoms with Crippen LogP contribution in [0.4, 0.5) is 5.69 Å². The summed E-state index contributed by atoms with van der Waals surface area (Å²) in [6.45, 7) is 1.94. The van der Waals surface area contributed by atoms with E-state index in [1.807, 2.05) is 19.1 Å². The number of aryl methyl sites for hydroxylation is 1. The van der Waals surface area contributed by atoms with Gasteiger partial charge in [0.25, 0.3) is 0 Å². The van der Waals surface area contributed by atoms with E-state index in [2.05, 4.69) is 52.8 Å². The molecule has 3 nitrogen and oxygen atoms in total. The van der Waals surface area contributed by atoms with Crippen LogP contribution >= 0.6 is 47.8 Å². The van der Waals surface area contributed by atoms with Crippen LogP contribution < -0.4 is 0 Å². The summed E-state index contributed by atoms with van der Waals surface area (Å²) >= 11 is 9.80. The molecule has 2 aromatic rings. The maximum atomic E-state index is 9.96. The molecule has 0 bridgehead atoms. The number of phenols is 2. The number of hydrogen-bond acceptors (Lipinski definition) is 3. The molecule has 0 radical (unpaired) electrons. The number of aliphatic imine (C=N–C) groups is 1. The van der Waals surface area contributed by atoms with E-state index in [0.717, 1.165) is 5.56 Å². The van der Waals surface area contributed by atoms with Gasteiger partial charge in [0, 0.05) is 11.8 Å². The molecule has 0 aliphatic carbocycles. The first-order valence-electron chi connectivity index (χ1n) is 5.59. The van der Waals surface area contributed by atoms with Gasteiger partial charge in [-0.3, -0.25) is 4.99 Å². The molecule has 2 aromatic carbocycles. The fourth-order valence-corrected chi connectivity index (χ4v) is 3.38. The smallest absolute Gasteiger partial charge is 0.144 e. The minimum atomic E-state index is 0.130. The minimum absolute atomic E-state index is 0.130. The number of benzene rings is 2. The fraction of sp³-hybridized carbons (Fsp3) is 0.0714. The van der Waals surface area contributed by atoms with E-state index >= 15 is 0 Å². The molecule has 0 spiro atoms. The van der Waals surface area contributed by atoms with Crippen LogP contribution in [0.1, 0.15) is 11.1 Å². The second-order valence-corrected chi connectivity index (χ2v) is 6.76. The Hall–Kier alpha value is -0.850. The Morgan fingerprint density at radius 3 is 2.05 bits per heavy atom. The first-order chi connectivity index (χ1) is 9.38. The van der Waals surface area contributed by atoms with E-state index in [1.54, 1.807) is 18.3 Å². The summed E-state index contributed by atoms with van der Waals surface area (Å²) in [6.07, 6.45) is 1.58. The predicted molar refractivity (Wildman–Crippen MR) is 91.3 cm³/mol. The Bertz CT molecular complexity index is 676. The zero-order valence-electron chi connectivity index (χ0n) is 10.4. The van der Waals surface area contributed by atoms with Crippen molar-refractivity contribution in [3.63, 3.8) is 0 Å². The summed E-state index contributed by atoms with van der Waals surface area (Å²) in [5.41, 5.74) is 2.29. The van der Waals surface area contributed by atoms with Gasteiger partial charge < -0.3 is 10.2 Å². The van der Waals surface area contributed by atoms with Crippen LogP contribution in [0.15, 0.2) is 42.7 Å². The molecule has 0 atom stereocenters. The zero-order valence-corrected chi connectivity index (χ0v) is 15.1. The van der Waals surface area contributed by atoms with Crippen LogP contribution in [0.3, 0.4) is 0 Å². The van der Waals surface area contributed by atoms with Crippen LogP contribution in [0, 0.1) is 6.92 Å². The summed E-state index contributed by atoms with van der Waals surface area (Å²) in [7, 11) is 0. The molecular weight excluding hydrogens is 454 g/mol. The van der Waals surface area contributed by atoms with Crippen molar-refractivity contribution in [1.82, 2.24) is 0 Å². The Labute approximate surface area is 141 Å². The van der Waals surface area contributed by atoms with Gasteiger partial charge in [-0.2, -0.15) is 0 Å². The lowest BCUT2D eigenvalue weighted by atomic mass is 10.1. The molecule has 2 rings (SSSR count). The molecule has 0 aliphatic heterocycles. The van der Waals surface area contributed by atoms with Gasteiger partial charge in [0.15, 0.2) is 0 Å². The molecule has 20 heavy (non-hydrogen) atoms. The lowest BCUT2D eigenvalue weighted by Crippen LogP contribution is -1.86. The first-order valence-corrected chi connectivity index (χ1v) is 7.97. The molecule has 0 aliphatic rings. The monoisotopic (exact) mass is 461 g/mol. The quantitative estimate of drug-likeness (QED) is 0.582. The number of nitrogens with zero attached hydrogens (tertiary/aromatic N) is 1. The molecule has 0 amide bonds. The van der Waals surface area contributed by atoms with Crippen LogP contribution in [0.5, 0.6) is 11.5 Å². The first kappa shape index (κ1) is 15.5. The Morgan fingerprint density at radius 2 is 1.45 bits per heavy atom. The molecule has 0 heterocycles. The summed E-state index contributed by atoms with van der Waals surface area (Å²) in [5, 5.41) is 19.6. The van der Waals surface area contributed by atoms with E-state index in [-0.39, 0.29) is 11.5 Å². The molecule has 6 heteroatoms. The second-order valence-electron chi connectivity index (χ2n) is 4.20. The molecule has 0 saturated heterocycles. The van der Waals surface area contributed by atoms with Crippen molar-refractivity contribution < 1.29 is 10.2 Å². The minimum Gasteiger partial charge on any atom is -0.506 e. The highest BCUT2D eigenvalue weighted by Gasteiger charge is 2.07. The van der Waals surface area contributed by atoms with Gasteiger partial charge >= 0.3 is 0 Å². The van der Waals surface area contributed by atoms with Gasteiger partial charge in [-0.25, -0.2) is 0 Å². The van der Waals surface area contributed by atoms with Crippen molar-refractivity contribution in [1.29, 1.82) is 0 Å². The van der Waals surface area contributed by atoms with Gasteiger partial charge in [-0.15, -0.1) is 0 Å². The average molecular weight is 464 g/mol. The summed E-state index contributed by atoms with van der Waals surface area (Å²) < 4.78 is 1.73. The van der Waals surface area contributed by atoms with Crippen LogP contribution in [-0.2, 0) is 0 Å². The molecule has 0 saturated carbocycles. The standard InChI is InChI=1S/C14H10Br3NO2/c1-7-2-8(13(19)10(15)3-7)6-18-9-4-11(16)14(20)12(17)5-9/h2-6,19-20H,1H3. The Morgan fingerprint density at radius 1 is 0.900 bits per heavy atom. The normalized spacial score (nSPS) is 11.2. The Kier molecular flexibility index (Phi) is 4.88. The maximum Gasteiger partial charge on any atom is 0.144 e. The molecule has 0 unspecified atom stereocenters. The zero-order chi connectivity index (χ0) is 14.9. The van der Waals surface area contributed by atoms with Crippen molar-refractivity contribution in [2.24, 2.45) is 4.99 Å². The van der Waals surface area contributed by atoms with Crippen molar-refractivity contribution in [2.45, 2.75) is 6.92 Å². The topological polar surface area (TPSA) is 52.8 Å².